The van der Waals surface area contributed by atoms with Crippen LogP contribution in [0.1, 0.15) is 35.8 Å². The molecule has 0 spiro atoms. The van der Waals surface area contributed by atoms with Gasteiger partial charge in [0.2, 0.25) is 5.88 Å². The first-order valence-corrected chi connectivity index (χ1v) is 10.8. The summed E-state index contributed by atoms with van der Waals surface area (Å²) in [6.07, 6.45) is 1.87. The number of fused-ring (bicyclic) bond motifs is 2. The standard InChI is InChI=1S/C25H26N4O4/c1-5-6-11-29-22-10-8-17(33-4)14-20(22)23(25(29)31)27-28-24(30)19-12-15(2)26-21-9-7-16(32-3)13-18(19)21/h7-10,12-14,31H,5-6,11H2,1-4H3. The van der Waals surface area contributed by atoms with Crippen LogP contribution >= 0.6 is 0 Å². The number of aromatic hydroxyl groups is 1. The summed E-state index contributed by atoms with van der Waals surface area (Å²) in [6.45, 7) is 4.53. The lowest BCUT2D eigenvalue weighted by Crippen LogP contribution is -1.99. The Balaban J connectivity index is 1.80. The van der Waals surface area contributed by atoms with E-state index in [1.54, 1.807) is 49.1 Å². The molecule has 0 fully saturated rings. The summed E-state index contributed by atoms with van der Waals surface area (Å²) in [5.41, 5.74) is 2.76. The van der Waals surface area contributed by atoms with Crippen LogP contribution in [-0.4, -0.2) is 34.8 Å². The predicted molar refractivity (Wildman–Crippen MR) is 127 cm³/mol. The molecule has 33 heavy (non-hydrogen) atoms. The second-order valence-electron chi connectivity index (χ2n) is 7.76. The fourth-order valence-electron chi connectivity index (χ4n) is 3.86. The number of aryl methyl sites for hydroxylation is 2. The Morgan fingerprint density at radius 2 is 1.76 bits per heavy atom. The van der Waals surface area contributed by atoms with E-state index in [0.717, 1.165) is 18.4 Å². The average molecular weight is 447 g/mol. The molecule has 2 aromatic heterocycles. The van der Waals surface area contributed by atoms with Crippen molar-refractivity contribution in [3.8, 4) is 17.4 Å². The number of hydrogen-bond acceptors (Lipinski definition) is 6. The molecule has 0 saturated carbocycles. The van der Waals surface area contributed by atoms with Gasteiger partial charge in [-0.2, -0.15) is 0 Å². The number of pyridine rings is 1. The minimum absolute atomic E-state index is 0.0271. The van der Waals surface area contributed by atoms with E-state index in [1.165, 1.54) is 0 Å². The molecule has 0 aliphatic rings. The van der Waals surface area contributed by atoms with E-state index in [0.29, 0.717) is 45.6 Å². The van der Waals surface area contributed by atoms with Gasteiger partial charge in [0.1, 0.15) is 11.5 Å². The van der Waals surface area contributed by atoms with Crippen LogP contribution in [0.3, 0.4) is 0 Å². The molecule has 4 rings (SSSR count). The van der Waals surface area contributed by atoms with Crippen LogP contribution in [0.5, 0.6) is 17.4 Å². The summed E-state index contributed by atoms with van der Waals surface area (Å²) in [4.78, 5) is 17.6. The Labute approximate surface area is 191 Å². The number of rotatable bonds is 7. The van der Waals surface area contributed by atoms with Crippen molar-refractivity contribution in [1.29, 1.82) is 0 Å². The highest BCUT2D eigenvalue weighted by atomic mass is 16.5. The Hall–Kier alpha value is -3.94. The number of nitrogens with zero attached hydrogens (tertiary/aromatic N) is 4. The Bertz CT molecular complexity index is 1370. The molecule has 0 radical (unpaired) electrons. The number of carbonyl (C=O) groups excluding carboxylic acids is 1. The van der Waals surface area contributed by atoms with Crippen LogP contribution in [0, 0.1) is 6.92 Å². The number of azo groups is 1. The molecule has 8 nitrogen and oxygen atoms in total. The molecule has 0 aliphatic carbocycles. The second kappa shape index (κ2) is 9.28. The molecule has 0 aliphatic heterocycles. The van der Waals surface area contributed by atoms with Crippen molar-refractivity contribution in [2.45, 2.75) is 33.2 Å². The van der Waals surface area contributed by atoms with Crippen LogP contribution in [-0.2, 0) is 6.54 Å². The SMILES string of the molecule is CCCCn1c(O)c(N=NC(=O)c2cc(C)nc3ccc(OC)cc23)c2cc(OC)ccc21. The van der Waals surface area contributed by atoms with E-state index in [1.807, 2.05) is 19.1 Å². The van der Waals surface area contributed by atoms with Crippen molar-refractivity contribution in [2.75, 3.05) is 14.2 Å². The maximum Gasteiger partial charge on any atom is 0.296 e. The molecular weight excluding hydrogens is 420 g/mol. The molecular formula is C25H26N4O4. The maximum atomic E-state index is 13.1. The quantitative estimate of drug-likeness (QED) is 0.354. The summed E-state index contributed by atoms with van der Waals surface area (Å²) >= 11 is 0. The molecule has 0 unspecified atom stereocenters. The number of aromatic nitrogens is 2. The van der Waals surface area contributed by atoms with Crippen LogP contribution in [0.2, 0.25) is 0 Å². The molecule has 0 bridgehead atoms. The number of methoxy groups -OCH3 is 2. The topological polar surface area (TPSA) is 98.3 Å². The van der Waals surface area contributed by atoms with Crippen molar-refractivity contribution in [3.63, 3.8) is 0 Å². The van der Waals surface area contributed by atoms with Crippen molar-refractivity contribution in [3.05, 3.63) is 53.7 Å². The highest BCUT2D eigenvalue weighted by Gasteiger charge is 2.19. The van der Waals surface area contributed by atoms with Crippen LogP contribution in [0.4, 0.5) is 5.69 Å². The Morgan fingerprint density at radius 1 is 1.06 bits per heavy atom. The van der Waals surface area contributed by atoms with E-state index >= 15 is 0 Å². The van der Waals surface area contributed by atoms with Gasteiger partial charge in [-0.05, 0) is 55.8 Å². The van der Waals surface area contributed by atoms with Gasteiger partial charge in [-0.15, -0.1) is 10.2 Å². The predicted octanol–water partition coefficient (Wildman–Crippen LogP) is 5.94. The summed E-state index contributed by atoms with van der Waals surface area (Å²) in [5.74, 6) is 0.680. The third-order valence-electron chi connectivity index (χ3n) is 5.57. The summed E-state index contributed by atoms with van der Waals surface area (Å²) in [7, 11) is 3.14. The van der Waals surface area contributed by atoms with E-state index < -0.39 is 5.91 Å². The first-order chi connectivity index (χ1) is 16.0. The third kappa shape index (κ3) is 4.24. The van der Waals surface area contributed by atoms with Gasteiger partial charge in [0.25, 0.3) is 5.91 Å². The molecule has 2 heterocycles. The van der Waals surface area contributed by atoms with Crippen LogP contribution in [0.25, 0.3) is 21.8 Å². The molecule has 2 aromatic carbocycles. The summed E-state index contributed by atoms with van der Waals surface area (Å²) < 4.78 is 12.4. The Morgan fingerprint density at radius 3 is 2.45 bits per heavy atom. The minimum Gasteiger partial charge on any atom is -0.497 e. The van der Waals surface area contributed by atoms with Gasteiger partial charge in [-0.25, -0.2) is 0 Å². The largest absolute Gasteiger partial charge is 0.497 e. The number of unbranched alkanes of at least 4 members (excludes halogenated alkanes) is 1. The van der Waals surface area contributed by atoms with Gasteiger partial charge in [0.15, 0.2) is 5.69 Å². The van der Waals surface area contributed by atoms with Gasteiger partial charge in [0, 0.05) is 23.0 Å². The van der Waals surface area contributed by atoms with Gasteiger partial charge < -0.3 is 19.1 Å². The fourth-order valence-corrected chi connectivity index (χ4v) is 3.86. The van der Waals surface area contributed by atoms with Crippen molar-refractivity contribution < 1.29 is 19.4 Å². The molecule has 170 valence electrons. The number of amides is 1. The zero-order valence-corrected chi connectivity index (χ0v) is 19.1. The van der Waals surface area contributed by atoms with E-state index in [2.05, 4.69) is 22.1 Å². The van der Waals surface area contributed by atoms with E-state index in [9.17, 15) is 9.90 Å². The third-order valence-corrected chi connectivity index (χ3v) is 5.57. The van der Waals surface area contributed by atoms with Crippen LogP contribution < -0.4 is 9.47 Å². The lowest BCUT2D eigenvalue weighted by atomic mass is 10.1. The molecule has 4 aromatic rings. The number of benzene rings is 2. The highest BCUT2D eigenvalue weighted by molar-refractivity contribution is 6.07. The molecule has 1 N–H and O–H groups in total. The monoisotopic (exact) mass is 446 g/mol. The second-order valence-corrected chi connectivity index (χ2v) is 7.76. The number of ether oxygens (including phenoxy) is 2. The normalized spacial score (nSPS) is 11.5. The minimum atomic E-state index is -0.532. The fraction of sp³-hybridized carbons (Fsp3) is 0.280. The summed E-state index contributed by atoms with van der Waals surface area (Å²) in [6, 6.07) is 12.5. The van der Waals surface area contributed by atoms with Gasteiger partial charge >= 0.3 is 0 Å². The van der Waals surface area contributed by atoms with E-state index in [4.69, 9.17) is 9.47 Å². The van der Waals surface area contributed by atoms with Crippen LogP contribution in [0.15, 0.2) is 52.7 Å². The van der Waals surface area contributed by atoms with Crippen molar-refractivity contribution >= 4 is 33.4 Å². The number of carbonyl (C=O) groups is 1. The summed E-state index contributed by atoms with van der Waals surface area (Å²) in [5, 5.41) is 20.4. The smallest absolute Gasteiger partial charge is 0.296 e. The molecule has 0 saturated heterocycles. The first-order valence-electron chi connectivity index (χ1n) is 10.8. The van der Waals surface area contributed by atoms with Gasteiger partial charge in [-0.1, -0.05) is 13.3 Å². The van der Waals surface area contributed by atoms with Gasteiger partial charge in [0.05, 0.1) is 30.8 Å². The lowest BCUT2D eigenvalue weighted by Gasteiger charge is -2.06. The molecule has 8 heteroatoms. The van der Waals surface area contributed by atoms with Crippen molar-refractivity contribution in [1.82, 2.24) is 9.55 Å². The molecule has 0 atom stereocenters. The zero-order chi connectivity index (χ0) is 23.5. The van der Waals surface area contributed by atoms with Gasteiger partial charge in [-0.3, -0.25) is 9.78 Å². The first kappa shape index (κ1) is 22.3. The average Bonchev–Trinajstić information content (AvgIpc) is 3.09. The Kier molecular flexibility index (Phi) is 6.26. The lowest BCUT2D eigenvalue weighted by molar-refractivity contribution is 0.0996. The van der Waals surface area contributed by atoms with Crippen molar-refractivity contribution in [2.24, 2.45) is 10.2 Å². The highest BCUT2D eigenvalue weighted by Crippen LogP contribution is 2.41. The zero-order valence-electron chi connectivity index (χ0n) is 19.1. The number of hydrogen-bond donors (Lipinski definition) is 1. The maximum absolute atomic E-state index is 13.1. The van der Waals surface area contributed by atoms with E-state index in [-0.39, 0.29) is 11.6 Å². The molecule has 1 amide bonds.